The number of hydrogen-bond acceptors (Lipinski definition) is 3. The monoisotopic (exact) mass is 271 g/mol. The molecule has 3 heterocycles. The van der Waals surface area contributed by atoms with Crippen LogP contribution in [-0.4, -0.2) is 39.3 Å². The molecule has 1 saturated heterocycles. The van der Waals surface area contributed by atoms with Crippen LogP contribution in [0.3, 0.4) is 0 Å². The second kappa shape index (κ2) is 5.77. The zero-order valence-electron chi connectivity index (χ0n) is 11.8. The van der Waals surface area contributed by atoms with E-state index in [0.717, 1.165) is 19.6 Å². The molecule has 0 saturated carbocycles. The lowest BCUT2D eigenvalue weighted by Crippen LogP contribution is -2.22. The Morgan fingerprint density at radius 2 is 2.05 bits per heavy atom. The van der Waals surface area contributed by atoms with Gasteiger partial charge in [-0.25, -0.2) is 0 Å². The summed E-state index contributed by atoms with van der Waals surface area (Å²) in [6.07, 6.45) is 5.75. The third-order valence-corrected chi connectivity index (χ3v) is 4.32. The van der Waals surface area contributed by atoms with Crippen LogP contribution in [0.15, 0.2) is 42.9 Å². The van der Waals surface area contributed by atoms with Crippen LogP contribution < -0.4 is 0 Å². The van der Waals surface area contributed by atoms with E-state index in [4.69, 9.17) is 0 Å². The van der Waals surface area contributed by atoms with Crippen LogP contribution in [0, 0.1) is 5.92 Å². The van der Waals surface area contributed by atoms with Gasteiger partial charge in [-0.15, -0.1) is 0 Å². The molecular weight excluding hydrogens is 250 g/mol. The normalized spacial score (nSPS) is 23.3. The van der Waals surface area contributed by atoms with Gasteiger partial charge in [0.25, 0.3) is 0 Å². The molecule has 2 atom stereocenters. The van der Waals surface area contributed by atoms with Crippen molar-refractivity contribution >= 4 is 0 Å². The maximum Gasteiger partial charge on any atom is 0.0477 e. The van der Waals surface area contributed by atoms with Gasteiger partial charge in [0, 0.05) is 69.4 Å². The van der Waals surface area contributed by atoms with E-state index in [0.29, 0.717) is 11.8 Å². The van der Waals surface area contributed by atoms with E-state index in [-0.39, 0.29) is 6.61 Å². The average molecular weight is 271 g/mol. The van der Waals surface area contributed by atoms with Crippen LogP contribution >= 0.6 is 0 Å². The van der Waals surface area contributed by atoms with Crippen molar-refractivity contribution < 1.29 is 5.11 Å². The molecule has 106 valence electrons. The van der Waals surface area contributed by atoms with Crippen molar-refractivity contribution in [2.24, 2.45) is 13.0 Å². The van der Waals surface area contributed by atoms with E-state index < -0.39 is 0 Å². The summed E-state index contributed by atoms with van der Waals surface area (Å²) in [7, 11) is 2.08. The van der Waals surface area contributed by atoms with Crippen LogP contribution in [0.5, 0.6) is 0 Å². The molecule has 1 aliphatic heterocycles. The topological polar surface area (TPSA) is 41.3 Å². The zero-order chi connectivity index (χ0) is 13.9. The Balaban J connectivity index is 1.73. The summed E-state index contributed by atoms with van der Waals surface area (Å²) in [5, 5.41) is 9.65. The number of nitrogens with zero attached hydrogens (tertiary/aromatic N) is 3. The second-order valence-corrected chi connectivity index (χ2v) is 5.63. The Morgan fingerprint density at radius 1 is 1.25 bits per heavy atom. The number of aliphatic hydroxyl groups excluding tert-OH is 1. The Labute approximate surface area is 119 Å². The van der Waals surface area contributed by atoms with Crippen molar-refractivity contribution in [1.29, 1.82) is 0 Å². The summed E-state index contributed by atoms with van der Waals surface area (Å²) in [6, 6.07) is 8.38. The molecule has 1 aliphatic rings. The summed E-state index contributed by atoms with van der Waals surface area (Å²) in [5.41, 5.74) is 2.60. The SMILES string of the molecule is Cn1cccc1CN1C[C@@H](CO)[C@H](c2ccncc2)C1. The van der Waals surface area contributed by atoms with E-state index in [1.807, 2.05) is 12.4 Å². The maximum atomic E-state index is 9.65. The lowest BCUT2D eigenvalue weighted by Gasteiger charge is -2.16. The van der Waals surface area contributed by atoms with E-state index in [2.05, 4.69) is 52.0 Å². The lowest BCUT2D eigenvalue weighted by molar-refractivity contribution is 0.213. The molecule has 4 heteroatoms. The molecule has 0 radical (unpaired) electrons. The maximum absolute atomic E-state index is 9.65. The van der Waals surface area contributed by atoms with E-state index >= 15 is 0 Å². The fraction of sp³-hybridized carbons (Fsp3) is 0.438. The largest absolute Gasteiger partial charge is 0.396 e. The van der Waals surface area contributed by atoms with Gasteiger partial charge in [0.15, 0.2) is 0 Å². The summed E-state index contributed by atoms with van der Waals surface area (Å²) in [5.74, 6) is 0.723. The van der Waals surface area contributed by atoms with Gasteiger partial charge in [0.1, 0.15) is 0 Å². The van der Waals surface area contributed by atoms with Gasteiger partial charge < -0.3 is 9.67 Å². The van der Waals surface area contributed by atoms with Crippen molar-refractivity contribution in [1.82, 2.24) is 14.5 Å². The molecule has 1 N–H and O–H groups in total. The Hall–Kier alpha value is -1.65. The molecule has 0 amide bonds. The molecule has 2 aromatic heterocycles. The third-order valence-electron chi connectivity index (χ3n) is 4.32. The first-order chi connectivity index (χ1) is 9.78. The smallest absolute Gasteiger partial charge is 0.0477 e. The number of rotatable bonds is 4. The van der Waals surface area contributed by atoms with Gasteiger partial charge in [-0.3, -0.25) is 9.88 Å². The minimum atomic E-state index is 0.247. The van der Waals surface area contributed by atoms with Crippen molar-refractivity contribution in [3.8, 4) is 0 Å². The number of aliphatic hydroxyl groups is 1. The van der Waals surface area contributed by atoms with Gasteiger partial charge in [-0.2, -0.15) is 0 Å². The molecule has 3 rings (SSSR count). The molecular formula is C16H21N3O. The minimum absolute atomic E-state index is 0.247. The summed E-state index contributed by atoms with van der Waals surface area (Å²) >= 11 is 0. The highest BCUT2D eigenvalue weighted by atomic mass is 16.3. The first-order valence-corrected chi connectivity index (χ1v) is 7.11. The highest BCUT2D eigenvalue weighted by Crippen LogP contribution is 2.32. The standard InChI is InChI=1S/C16H21N3O/c1-18-8-2-3-15(18)10-19-9-14(12-20)16(11-19)13-4-6-17-7-5-13/h2-8,14,16,20H,9-12H2,1H3/t14-,16-/m0/s1. The first-order valence-electron chi connectivity index (χ1n) is 7.11. The third kappa shape index (κ3) is 2.62. The van der Waals surface area contributed by atoms with Crippen molar-refractivity contribution in [2.75, 3.05) is 19.7 Å². The lowest BCUT2D eigenvalue weighted by atomic mass is 9.90. The predicted molar refractivity (Wildman–Crippen MR) is 78.2 cm³/mol. The summed E-state index contributed by atoms with van der Waals surface area (Å²) in [6.45, 7) is 3.15. The van der Waals surface area contributed by atoms with Crippen LogP contribution in [0.1, 0.15) is 17.2 Å². The highest BCUT2D eigenvalue weighted by Gasteiger charge is 2.33. The Bertz CT molecular complexity index is 552. The quantitative estimate of drug-likeness (QED) is 0.919. The predicted octanol–water partition coefficient (Wildman–Crippen LogP) is 1.63. The van der Waals surface area contributed by atoms with Crippen LogP contribution in [0.25, 0.3) is 0 Å². The molecule has 4 nitrogen and oxygen atoms in total. The van der Waals surface area contributed by atoms with Crippen LogP contribution in [-0.2, 0) is 13.6 Å². The van der Waals surface area contributed by atoms with Crippen molar-refractivity contribution in [3.63, 3.8) is 0 Å². The fourth-order valence-corrected chi connectivity index (χ4v) is 3.15. The molecule has 0 aromatic carbocycles. The molecule has 0 spiro atoms. The van der Waals surface area contributed by atoms with Gasteiger partial charge in [-0.05, 0) is 29.8 Å². The van der Waals surface area contributed by atoms with Crippen LogP contribution in [0.4, 0.5) is 0 Å². The highest BCUT2D eigenvalue weighted by molar-refractivity contribution is 5.20. The summed E-state index contributed by atoms with van der Waals surface area (Å²) < 4.78 is 2.16. The Kier molecular flexibility index (Phi) is 3.85. The number of aryl methyl sites for hydroxylation is 1. The fourth-order valence-electron chi connectivity index (χ4n) is 3.15. The van der Waals surface area contributed by atoms with Gasteiger partial charge >= 0.3 is 0 Å². The Morgan fingerprint density at radius 3 is 2.70 bits per heavy atom. The molecule has 0 unspecified atom stereocenters. The number of aromatic nitrogens is 2. The van der Waals surface area contributed by atoms with E-state index in [9.17, 15) is 5.11 Å². The zero-order valence-corrected chi connectivity index (χ0v) is 11.8. The molecule has 1 fully saturated rings. The molecule has 0 aliphatic carbocycles. The molecule has 0 bridgehead atoms. The van der Waals surface area contributed by atoms with Crippen LogP contribution in [0.2, 0.25) is 0 Å². The van der Waals surface area contributed by atoms with Crippen molar-refractivity contribution in [3.05, 3.63) is 54.1 Å². The number of hydrogen-bond donors (Lipinski definition) is 1. The number of pyridine rings is 1. The second-order valence-electron chi connectivity index (χ2n) is 5.63. The van der Waals surface area contributed by atoms with Gasteiger partial charge in [-0.1, -0.05) is 0 Å². The van der Waals surface area contributed by atoms with Gasteiger partial charge in [0.2, 0.25) is 0 Å². The number of likely N-dealkylation sites (tertiary alicyclic amines) is 1. The summed E-state index contributed by atoms with van der Waals surface area (Å²) in [4.78, 5) is 6.51. The molecule has 20 heavy (non-hydrogen) atoms. The van der Waals surface area contributed by atoms with Gasteiger partial charge in [0.05, 0.1) is 0 Å². The van der Waals surface area contributed by atoms with Crippen molar-refractivity contribution in [2.45, 2.75) is 12.5 Å². The van der Waals surface area contributed by atoms with E-state index in [1.54, 1.807) is 0 Å². The first kappa shape index (κ1) is 13.3. The minimum Gasteiger partial charge on any atom is -0.396 e. The van der Waals surface area contributed by atoms with E-state index in [1.165, 1.54) is 11.3 Å². The molecule has 2 aromatic rings. The average Bonchev–Trinajstić information content (AvgIpc) is 3.07.